The van der Waals surface area contributed by atoms with Crippen molar-refractivity contribution in [2.45, 2.75) is 30.3 Å². The molecule has 4 nitrogen and oxygen atoms in total. The molecule has 176 valence electrons. The van der Waals surface area contributed by atoms with Gasteiger partial charge in [0.2, 0.25) is 0 Å². The Morgan fingerprint density at radius 3 is 2.47 bits per heavy atom. The van der Waals surface area contributed by atoms with Gasteiger partial charge in [-0.3, -0.25) is 4.90 Å². The minimum absolute atomic E-state index is 0. The van der Waals surface area contributed by atoms with Crippen LogP contribution in [0.1, 0.15) is 24.0 Å². The Morgan fingerprint density at radius 2 is 1.75 bits per heavy atom. The lowest BCUT2D eigenvalue weighted by Gasteiger charge is -2.36. The fourth-order valence-corrected chi connectivity index (χ4v) is 5.67. The van der Waals surface area contributed by atoms with Crippen LogP contribution in [0.3, 0.4) is 0 Å². The second kappa shape index (κ2) is 10.5. The molecule has 0 aliphatic carbocycles. The van der Waals surface area contributed by atoms with E-state index < -0.39 is 22.9 Å². The van der Waals surface area contributed by atoms with E-state index in [9.17, 15) is 17.7 Å². The Bertz CT molecular complexity index is 906. The standard InChI is InChI=1S/C23H28F3N3OS.ClH/c1-27-17-31(30)22-15-18(8-9-21(22)27)5-2-3-10-28-11-13-29(14-12-28)20-7-4-6-19(16-20)23(24,25)26;/h4,6-9,15-16H,2-3,5,10-14,17H2,1H3;1H. The maximum absolute atomic E-state index is 13.0. The van der Waals surface area contributed by atoms with E-state index in [0.717, 1.165) is 68.6 Å². The second-order valence-electron chi connectivity index (χ2n) is 8.31. The first-order valence-corrected chi connectivity index (χ1v) is 12.0. The molecule has 0 aromatic heterocycles. The molecule has 1 fully saturated rings. The predicted molar refractivity (Wildman–Crippen MR) is 126 cm³/mol. The smallest absolute Gasteiger partial charge is 0.416 e. The van der Waals surface area contributed by atoms with Crippen LogP contribution in [-0.4, -0.2) is 55.1 Å². The fourth-order valence-electron chi connectivity index (χ4n) is 4.30. The van der Waals surface area contributed by atoms with E-state index in [2.05, 4.69) is 23.1 Å². The van der Waals surface area contributed by atoms with Crippen molar-refractivity contribution in [3.8, 4) is 0 Å². The lowest BCUT2D eigenvalue weighted by Crippen LogP contribution is -2.46. The van der Waals surface area contributed by atoms with Crippen LogP contribution in [0.2, 0.25) is 0 Å². The third-order valence-electron chi connectivity index (χ3n) is 6.09. The first-order valence-electron chi connectivity index (χ1n) is 10.7. The normalized spacial score (nSPS) is 19.1. The third-order valence-corrected chi connectivity index (χ3v) is 7.53. The number of aryl methyl sites for hydroxylation is 1. The van der Waals surface area contributed by atoms with Crippen LogP contribution in [0.25, 0.3) is 0 Å². The number of hydrogen-bond donors (Lipinski definition) is 0. The highest BCUT2D eigenvalue weighted by Gasteiger charge is 2.31. The molecule has 32 heavy (non-hydrogen) atoms. The van der Waals surface area contributed by atoms with Gasteiger partial charge in [0.15, 0.2) is 10.8 Å². The number of nitrogens with zero attached hydrogens (tertiary/aromatic N) is 3. The number of anilines is 2. The van der Waals surface area contributed by atoms with Gasteiger partial charge in [0, 0.05) is 50.1 Å². The van der Waals surface area contributed by atoms with Gasteiger partial charge >= 0.3 is 6.18 Å². The molecule has 2 aromatic rings. The summed E-state index contributed by atoms with van der Waals surface area (Å²) in [6, 6.07) is 11.9. The van der Waals surface area contributed by atoms with Gasteiger partial charge < -0.3 is 14.4 Å². The minimum atomic E-state index is -4.30. The highest BCUT2D eigenvalue weighted by atomic mass is 35.5. The van der Waals surface area contributed by atoms with E-state index in [1.165, 1.54) is 17.7 Å². The number of halogens is 4. The highest BCUT2D eigenvalue weighted by molar-refractivity contribution is 7.92. The van der Waals surface area contributed by atoms with Crippen molar-refractivity contribution in [3.05, 3.63) is 53.6 Å². The maximum Gasteiger partial charge on any atom is 0.416 e. The summed E-state index contributed by atoms with van der Waals surface area (Å²) in [6.45, 7) is 4.20. The van der Waals surface area contributed by atoms with E-state index >= 15 is 0 Å². The second-order valence-corrected chi connectivity index (χ2v) is 9.70. The van der Waals surface area contributed by atoms with Crippen LogP contribution in [0.4, 0.5) is 24.5 Å². The summed E-state index contributed by atoms with van der Waals surface area (Å²) < 4.78 is 51.0. The minimum Gasteiger partial charge on any atom is -0.610 e. The molecule has 0 radical (unpaired) electrons. The average Bonchev–Trinajstić information content (AvgIpc) is 3.04. The molecule has 2 aliphatic heterocycles. The molecule has 0 bridgehead atoms. The van der Waals surface area contributed by atoms with Crippen molar-refractivity contribution >= 4 is 35.0 Å². The van der Waals surface area contributed by atoms with Gasteiger partial charge in [-0.25, -0.2) is 0 Å². The molecule has 2 heterocycles. The van der Waals surface area contributed by atoms with Crippen LogP contribution in [0, 0.1) is 0 Å². The summed E-state index contributed by atoms with van der Waals surface area (Å²) in [5.74, 6) is 0.575. The molecule has 0 N–H and O–H groups in total. The predicted octanol–water partition coefficient (Wildman–Crippen LogP) is 4.79. The molecule has 4 rings (SSSR count). The first-order chi connectivity index (χ1) is 14.8. The number of hydrogen-bond acceptors (Lipinski definition) is 4. The topological polar surface area (TPSA) is 32.8 Å². The number of benzene rings is 2. The number of fused-ring (bicyclic) bond motifs is 1. The largest absolute Gasteiger partial charge is 0.610 e. The molecular weight excluding hydrogens is 459 g/mol. The summed E-state index contributed by atoms with van der Waals surface area (Å²) in [7, 11) is 1.97. The molecule has 0 spiro atoms. The van der Waals surface area contributed by atoms with Gasteiger partial charge in [-0.2, -0.15) is 13.2 Å². The van der Waals surface area contributed by atoms with E-state index in [1.54, 1.807) is 6.07 Å². The quantitative estimate of drug-likeness (QED) is 0.433. The van der Waals surface area contributed by atoms with Gasteiger partial charge in [0.05, 0.1) is 11.3 Å². The van der Waals surface area contributed by atoms with Crippen LogP contribution in [-0.2, 0) is 23.8 Å². The lowest BCUT2D eigenvalue weighted by atomic mass is 10.1. The van der Waals surface area contributed by atoms with Crippen molar-refractivity contribution in [2.75, 3.05) is 55.4 Å². The molecule has 9 heteroatoms. The van der Waals surface area contributed by atoms with Crippen molar-refractivity contribution < 1.29 is 17.7 Å². The molecule has 1 atom stereocenters. The summed E-state index contributed by atoms with van der Waals surface area (Å²) >= 11 is -0.925. The van der Waals surface area contributed by atoms with Crippen LogP contribution in [0.5, 0.6) is 0 Å². The Labute approximate surface area is 197 Å². The number of rotatable bonds is 6. The summed E-state index contributed by atoms with van der Waals surface area (Å²) in [6.07, 6.45) is -1.20. The van der Waals surface area contributed by atoms with Gasteiger partial charge in [-0.05, 0) is 61.7 Å². The van der Waals surface area contributed by atoms with Crippen molar-refractivity contribution in [3.63, 3.8) is 0 Å². The summed E-state index contributed by atoms with van der Waals surface area (Å²) in [5, 5.41) is 0. The van der Waals surface area contributed by atoms with Gasteiger partial charge in [-0.1, -0.05) is 12.1 Å². The number of piperazine rings is 1. The highest BCUT2D eigenvalue weighted by Crippen LogP contribution is 2.34. The maximum atomic E-state index is 13.0. The van der Waals surface area contributed by atoms with Crippen molar-refractivity contribution in [1.82, 2.24) is 4.90 Å². The van der Waals surface area contributed by atoms with E-state index in [0.29, 0.717) is 11.6 Å². The molecule has 2 aliphatic rings. The Hall–Kier alpha value is -1.61. The first kappa shape index (κ1) is 25.0. The number of unbranched alkanes of at least 4 members (excludes halogenated alkanes) is 1. The van der Waals surface area contributed by atoms with E-state index in [1.807, 2.05) is 16.8 Å². The van der Waals surface area contributed by atoms with Crippen LogP contribution < -0.4 is 9.80 Å². The number of alkyl halides is 3. The zero-order chi connectivity index (χ0) is 22.0. The Morgan fingerprint density at radius 1 is 1.00 bits per heavy atom. The monoisotopic (exact) mass is 487 g/mol. The third kappa shape index (κ3) is 5.84. The SMILES string of the molecule is CN1C[S+]([O-])c2cc(CCCCN3CCN(c4cccc(C(F)(F)F)c4)CC3)ccc21.Cl. The Balaban J connectivity index is 0.00000289. The van der Waals surface area contributed by atoms with Gasteiger partial charge in [0.1, 0.15) is 0 Å². The Kier molecular flexibility index (Phi) is 8.25. The molecular formula is C23H29ClF3N3OS. The van der Waals surface area contributed by atoms with Crippen LogP contribution >= 0.6 is 12.4 Å². The van der Waals surface area contributed by atoms with E-state index in [4.69, 9.17) is 0 Å². The molecule has 1 saturated heterocycles. The van der Waals surface area contributed by atoms with Gasteiger partial charge in [-0.15, -0.1) is 12.4 Å². The van der Waals surface area contributed by atoms with Crippen LogP contribution in [0.15, 0.2) is 47.4 Å². The lowest BCUT2D eigenvalue weighted by molar-refractivity contribution is -0.137. The molecule has 0 saturated carbocycles. The summed E-state index contributed by atoms with van der Waals surface area (Å²) in [5.41, 5.74) is 2.36. The van der Waals surface area contributed by atoms with E-state index in [-0.39, 0.29) is 12.4 Å². The zero-order valence-corrected chi connectivity index (χ0v) is 19.7. The zero-order valence-electron chi connectivity index (χ0n) is 18.1. The van der Waals surface area contributed by atoms with Gasteiger partial charge in [0.25, 0.3) is 0 Å². The van der Waals surface area contributed by atoms with Crippen molar-refractivity contribution in [2.24, 2.45) is 0 Å². The molecule has 0 amide bonds. The van der Waals surface area contributed by atoms with Crippen molar-refractivity contribution in [1.29, 1.82) is 0 Å². The molecule has 2 aromatic carbocycles. The molecule has 1 unspecified atom stereocenters. The average molecular weight is 488 g/mol. The summed E-state index contributed by atoms with van der Waals surface area (Å²) in [4.78, 5) is 7.41. The fraction of sp³-hybridized carbons (Fsp3) is 0.478.